The number of hydrogen-bond acceptors (Lipinski definition) is 4. The highest BCUT2D eigenvalue weighted by Crippen LogP contribution is 2.25. The van der Waals surface area contributed by atoms with E-state index in [2.05, 4.69) is 5.32 Å². The third kappa shape index (κ3) is 5.36. The maximum atomic E-state index is 12.9. The van der Waals surface area contributed by atoms with Crippen LogP contribution in [0.3, 0.4) is 0 Å². The predicted molar refractivity (Wildman–Crippen MR) is 116 cm³/mol. The Bertz CT molecular complexity index is 973. The minimum Gasteiger partial charge on any atom is -0.483 e. The molecule has 0 heterocycles. The number of nitrogens with one attached hydrogen (secondary N) is 1. The molecule has 2 aromatic rings. The quantitative estimate of drug-likeness (QED) is 0.704. The number of anilines is 1. The summed E-state index contributed by atoms with van der Waals surface area (Å²) in [7, 11) is -3.61. The first-order valence-corrected chi connectivity index (χ1v) is 11.1. The average molecular weight is 419 g/mol. The molecule has 0 aliphatic rings. The molecule has 1 N–H and O–H groups in total. The minimum atomic E-state index is -3.61. The second-order valence-corrected chi connectivity index (χ2v) is 9.04. The minimum absolute atomic E-state index is 0.156. The second-order valence-electron chi connectivity index (χ2n) is 7.13. The fourth-order valence-corrected chi connectivity index (χ4v) is 5.10. The van der Waals surface area contributed by atoms with Crippen molar-refractivity contribution in [2.75, 3.05) is 25.0 Å². The summed E-state index contributed by atoms with van der Waals surface area (Å²) in [4.78, 5) is 12.6. The van der Waals surface area contributed by atoms with Gasteiger partial charge in [-0.15, -0.1) is 0 Å². The molecule has 0 spiro atoms. The predicted octanol–water partition coefficient (Wildman–Crippen LogP) is 3.97. The van der Waals surface area contributed by atoms with E-state index in [1.54, 1.807) is 32.9 Å². The number of nitrogens with zero attached hydrogens (tertiary/aromatic N) is 1. The molecule has 1 amide bonds. The van der Waals surface area contributed by atoms with Crippen LogP contribution in [0.4, 0.5) is 5.69 Å². The lowest BCUT2D eigenvalue weighted by molar-refractivity contribution is -0.118. The number of ether oxygens (including phenoxy) is 1. The van der Waals surface area contributed by atoms with Gasteiger partial charge in [0.2, 0.25) is 10.0 Å². The molecule has 0 unspecified atom stereocenters. The maximum Gasteiger partial charge on any atom is 0.262 e. The van der Waals surface area contributed by atoms with Crippen LogP contribution < -0.4 is 10.1 Å². The highest BCUT2D eigenvalue weighted by Gasteiger charge is 2.24. The van der Waals surface area contributed by atoms with Gasteiger partial charge in [-0.1, -0.05) is 37.6 Å². The third-order valence-corrected chi connectivity index (χ3v) is 6.94. The van der Waals surface area contributed by atoms with Crippen molar-refractivity contribution in [1.82, 2.24) is 4.31 Å². The number of carbonyl (C=O) groups excluding carboxylic acids is 1. The molecule has 2 rings (SSSR count). The van der Waals surface area contributed by atoms with Crippen LogP contribution in [-0.4, -0.2) is 38.3 Å². The van der Waals surface area contributed by atoms with Crippen molar-refractivity contribution in [2.24, 2.45) is 0 Å². The second kappa shape index (κ2) is 9.41. The van der Waals surface area contributed by atoms with E-state index in [0.717, 1.165) is 16.7 Å². The number of aryl methyl sites for hydroxylation is 4. The van der Waals surface area contributed by atoms with Crippen molar-refractivity contribution < 1.29 is 17.9 Å². The van der Waals surface area contributed by atoms with E-state index in [9.17, 15) is 13.2 Å². The monoisotopic (exact) mass is 418 g/mol. The van der Waals surface area contributed by atoms with Gasteiger partial charge in [0.15, 0.2) is 6.61 Å². The molecule has 0 bridgehead atoms. The van der Waals surface area contributed by atoms with Crippen LogP contribution >= 0.6 is 0 Å². The number of hydrogen-bond donors (Lipinski definition) is 1. The first-order valence-electron chi connectivity index (χ1n) is 9.71. The summed E-state index contributed by atoms with van der Waals surface area (Å²) in [6.07, 6.45) is 0. The zero-order chi connectivity index (χ0) is 21.8. The van der Waals surface area contributed by atoms with Gasteiger partial charge in [-0.2, -0.15) is 4.31 Å². The lowest BCUT2D eigenvalue weighted by atomic mass is 10.1. The van der Waals surface area contributed by atoms with Gasteiger partial charge in [0.05, 0.1) is 4.90 Å². The van der Waals surface area contributed by atoms with Gasteiger partial charge in [-0.05, 0) is 56.5 Å². The van der Waals surface area contributed by atoms with Crippen molar-refractivity contribution >= 4 is 21.6 Å². The van der Waals surface area contributed by atoms with Gasteiger partial charge in [0.1, 0.15) is 5.75 Å². The van der Waals surface area contributed by atoms with E-state index in [-0.39, 0.29) is 17.4 Å². The summed E-state index contributed by atoms with van der Waals surface area (Å²) in [5, 5.41) is 2.73. The lowest BCUT2D eigenvalue weighted by Gasteiger charge is -2.20. The highest BCUT2D eigenvalue weighted by atomic mass is 32.2. The number of rotatable bonds is 8. The van der Waals surface area contributed by atoms with E-state index in [1.165, 1.54) is 10.4 Å². The van der Waals surface area contributed by atoms with Gasteiger partial charge in [-0.3, -0.25) is 4.79 Å². The molecule has 0 fully saturated rings. The maximum absolute atomic E-state index is 12.9. The summed E-state index contributed by atoms with van der Waals surface area (Å²) >= 11 is 0. The fourth-order valence-electron chi connectivity index (χ4n) is 3.39. The number of sulfonamides is 1. The molecule has 0 radical (unpaired) electrons. The van der Waals surface area contributed by atoms with Crippen molar-refractivity contribution in [3.8, 4) is 5.75 Å². The Labute approximate surface area is 173 Å². The van der Waals surface area contributed by atoms with Gasteiger partial charge >= 0.3 is 0 Å². The first kappa shape index (κ1) is 22.9. The Hall–Kier alpha value is -2.38. The van der Waals surface area contributed by atoms with Gasteiger partial charge in [0, 0.05) is 18.8 Å². The normalized spacial score (nSPS) is 11.6. The van der Waals surface area contributed by atoms with Crippen LogP contribution in [0.5, 0.6) is 5.75 Å². The molecular formula is C22H30N2O4S. The molecule has 0 aliphatic carbocycles. The van der Waals surface area contributed by atoms with E-state index < -0.39 is 10.0 Å². The molecule has 158 valence electrons. The zero-order valence-electron chi connectivity index (χ0n) is 18.0. The molecule has 6 nitrogen and oxygen atoms in total. The highest BCUT2D eigenvalue weighted by molar-refractivity contribution is 7.89. The third-order valence-electron chi connectivity index (χ3n) is 4.75. The van der Waals surface area contributed by atoms with E-state index in [1.807, 2.05) is 32.9 Å². The summed E-state index contributed by atoms with van der Waals surface area (Å²) in [5.74, 6) is 0.346. The molecule has 0 saturated heterocycles. The Kier molecular flexibility index (Phi) is 7.43. The zero-order valence-corrected chi connectivity index (χ0v) is 18.8. The van der Waals surface area contributed by atoms with E-state index >= 15 is 0 Å². The van der Waals surface area contributed by atoms with Gasteiger partial charge in [-0.25, -0.2) is 8.42 Å². The van der Waals surface area contributed by atoms with Crippen LogP contribution in [0.15, 0.2) is 35.2 Å². The molecule has 2 aromatic carbocycles. The Balaban J connectivity index is 2.16. The smallest absolute Gasteiger partial charge is 0.262 e. The average Bonchev–Trinajstić information content (AvgIpc) is 2.63. The van der Waals surface area contributed by atoms with Crippen LogP contribution in [0.25, 0.3) is 0 Å². The van der Waals surface area contributed by atoms with Crippen molar-refractivity contribution in [2.45, 2.75) is 46.4 Å². The summed E-state index contributed by atoms with van der Waals surface area (Å²) < 4.78 is 32.8. The molecule has 0 atom stereocenters. The summed E-state index contributed by atoms with van der Waals surface area (Å²) in [6, 6.07) is 8.90. The molecule has 0 aliphatic heterocycles. The molecule has 29 heavy (non-hydrogen) atoms. The topological polar surface area (TPSA) is 75.7 Å². The summed E-state index contributed by atoms with van der Waals surface area (Å²) in [6.45, 7) is 11.9. The fraction of sp³-hybridized carbons (Fsp3) is 0.409. The SMILES string of the molecule is CCN(CC)S(=O)(=O)c1cc(NC(=O)COc2c(C)cc(C)cc2C)ccc1C. The number of amides is 1. The van der Waals surface area contributed by atoms with Gasteiger partial charge < -0.3 is 10.1 Å². The standard InChI is InChI=1S/C22H30N2O4S/c1-7-24(8-2)29(26,27)20-13-19(10-9-16(20)4)23-21(25)14-28-22-17(5)11-15(3)12-18(22)6/h9-13H,7-8,14H2,1-6H3,(H,23,25). The van der Waals surface area contributed by atoms with Crippen LogP contribution in [-0.2, 0) is 14.8 Å². The lowest BCUT2D eigenvalue weighted by Crippen LogP contribution is -2.31. The van der Waals surface area contributed by atoms with Gasteiger partial charge in [0.25, 0.3) is 5.91 Å². The largest absolute Gasteiger partial charge is 0.483 e. The van der Waals surface area contributed by atoms with Crippen LogP contribution in [0, 0.1) is 27.7 Å². The molecular weight excluding hydrogens is 388 g/mol. The number of benzene rings is 2. The Morgan fingerprint density at radius 1 is 0.966 bits per heavy atom. The van der Waals surface area contributed by atoms with Crippen molar-refractivity contribution in [3.05, 3.63) is 52.6 Å². The van der Waals surface area contributed by atoms with E-state index in [0.29, 0.717) is 30.1 Å². The number of carbonyl (C=O) groups is 1. The van der Waals surface area contributed by atoms with Crippen LogP contribution in [0.1, 0.15) is 36.1 Å². The molecule has 0 aromatic heterocycles. The first-order chi connectivity index (χ1) is 13.6. The molecule has 7 heteroatoms. The molecule has 0 saturated carbocycles. The Morgan fingerprint density at radius 2 is 1.55 bits per heavy atom. The van der Waals surface area contributed by atoms with Crippen LogP contribution in [0.2, 0.25) is 0 Å². The van der Waals surface area contributed by atoms with Crippen molar-refractivity contribution in [3.63, 3.8) is 0 Å². The van der Waals surface area contributed by atoms with E-state index in [4.69, 9.17) is 4.74 Å². The van der Waals surface area contributed by atoms with Crippen molar-refractivity contribution in [1.29, 1.82) is 0 Å². The summed E-state index contributed by atoms with van der Waals surface area (Å²) in [5.41, 5.74) is 4.14. The Morgan fingerprint density at radius 3 is 2.10 bits per heavy atom.